The van der Waals surface area contributed by atoms with Crippen LogP contribution in [0, 0.1) is 19.7 Å². The van der Waals surface area contributed by atoms with Crippen LogP contribution >= 0.6 is 22.7 Å². The van der Waals surface area contributed by atoms with Crippen molar-refractivity contribution in [2.75, 3.05) is 0 Å². The molecule has 0 aliphatic heterocycles. The van der Waals surface area contributed by atoms with Crippen molar-refractivity contribution in [2.45, 2.75) is 20.3 Å². The summed E-state index contributed by atoms with van der Waals surface area (Å²) in [6.07, 6.45) is 0.314. The number of thiazole rings is 1. The van der Waals surface area contributed by atoms with Gasteiger partial charge in [0.25, 0.3) is 0 Å². The SMILES string of the molecule is Cc1nc(CC(=O)c2cc3cc(F)ccc3s2)sc1C. The van der Waals surface area contributed by atoms with E-state index in [0.29, 0.717) is 11.3 Å². The van der Waals surface area contributed by atoms with Crippen LogP contribution in [0.3, 0.4) is 0 Å². The van der Waals surface area contributed by atoms with Crippen LogP contribution in [0.15, 0.2) is 24.3 Å². The number of fused-ring (bicyclic) bond motifs is 1. The fourth-order valence-corrected chi connectivity index (χ4v) is 3.90. The molecule has 20 heavy (non-hydrogen) atoms. The standard InChI is InChI=1S/C15H12FNOS2/c1-8-9(2)19-15(17-8)7-12(18)14-6-10-5-11(16)3-4-13(10)20-14/h3-6H,7H2,1-2H3. The van der Waals surface area contributed by atoms with Crippen LogP contribution in [0.5, 0.6) is 0 Å². The van der Waals surface area contributed by atoms with E-state index in [1.54, 1.807) is 23.5 Å². The van der Waals surface area contributed by atoms with Crippen LogP contribution in [0.1, 0.15) is 25.3 Å². The highest BCUT2D eigenvalue weighted by molar-refractivity contribution is 7.20. The minimum absolute atomic E-state index is 0.0420. The molecule has 0 atom stereocenters. The van der Waals surface area contributed by atoms with Gasteiger partial charge in [0.15, 0.2) is 5.78 Å². The van der Waals surface area contributed by atoms with Gasteiger partial charge in [0.2, 0.25) is 0 Å². The number of benzene rings is 1. The summed E-state index contributed by atoms with van der Waals surface area (Å²) in [5, 5.41) is 1.62. The van der Waals surface area contributed by atoms with Crippen LogP contribution in [0.25, 0.3) is 10.1 Å². The van der Waals surface area contributed by atoms with E-state index in [9.17, 15) is 9.18 Å². The van der Waals surface area contributed by atoms with Crippen molar-refractivity contribution in [3.63, 3.8) is 0 Å². The van der Waals surface area contributed by atoms with Crippen molar-refractivity contribution in [3.8, 4) is 0 Å². The average molecular weight is 305 g/mol. The predicted molar refractivity (Wildman–Crippen MR) is 81.4 cm³/mol. The molecule has 0 saturated heterocycles. The molecule has 1 aromatic carbocycles. The van der Waals surface area contributed by atoms with Crippen LogP contribution in [-0.2, 0) is 6.42 Å². The van der Waals surface area contributed by atoms with Gasteiger partial charge in [0.1, 0.15) is 10.8 Å². The van der Waals surface area contributed by atoms with E-state index in [4.69, 9.17) is 0 Å². The number of ketones is 1. The van der Waals surface area contributed by atoms with Gasteiger partial charge in [-0.15, -0.1) is 22.7 Å². The largest absolute Gasteiger partial charge is 0.293 e. The number of aryl methyl sites for hydroxylation is 2. The first-order valence-corrected chi connectivity index (χ1v) is 7.81. The highest BCUT2D eigenvalue weighted by Gasteiger charge is 2.14. The fraction of sp³-hybridized carbons (Fsp3) is 0.200. The molecule has 102 valence electrons. The fourth-order valence-electron chi connectivity index (χ4n) is 1.99. The molecule has 3 aromatic rings. The summed E-state index contributed by atoms with van der Waals surface area (Å²) in [5.74, 6) is -0.235. The van der Waals surface area contributed by atoms with Crippen molar-refractivity contribution < 1.29 is 9.18 Å². The van der Waals surface area contributed by atoms with Crippen molar-refractivity contribution in [1.82, 2.24) is 4.98 Å². The third-order valence-electron chi connectivity index (χ3n) is 3.14. The Morgan fingerprint density at radius 2 is 2.05 bits per heavy atom. The summed E-state index contributed by atoms with van der Waals surface area (Å²) in [4.78, 5) is 18.5. The minimum Gasteiger partial charge on any atom is -0.293 e. The summed E-state index contributed by atoms with van der Waals surface area (Å²) in [6, 6.07) is 6.35. The molecule has 0 unspecified atom stereocenters. The Bertz CT molecular complexity index is 784. The summed E-state index contributed by atoms with van der Waals surface area (Å²) < 4.78 is 14.1. The predicted octanol–water partition coefficient (Wildman–Crippen LogP) is 4.54. The second kappa shape index (κ2) is 5.07. The number of thiophene rings is 1. The van der Waals surface area contributed by atoms with Crippen molar-refractivity contribution >= 4 is 38.5 Å². The van der Waals surface area contributed by atoms with E-state index in [1.165, 1.54) is 23.5 Å². The van der Waals surface area contributed by atoms with Gasteiger partial charge in [0, 0.05) is 9.58 Å². The molecule has 0 fully saturated rings. The highest BCUT2D eigenvalue weighted by atomic mass is 32.1. The third kappa shape index (κ3) is 2.51. The molecule has 0 amide bonds. The number of hydrogen-bond donors (Lipinski definition) is 0. The Morgan fingerprint density at radius 3 is 2.75 bits per heavy atom. The second-order valence-electron chi connectivity index (χ2n) is 4.64. The quantitative estimate of drug-likeness (QED) is 0.665. The maximum absolute atomic E-state index is 13.2. The van der Waals surface area contributed by atoms with Crippen LogP contribution in [0.4, 0.5) is 4.39 Å². The second-order valence-corrected chi connectivity index (χ2v) is 7.01. The molecule has 0 N–H and O–H groups in total. The van der Waals surface area contributed by atoms with Crippen molar-refractivity contribution in [2.24, 2.45) is 0 Å². The van der Waals surface area contributed by atoms with Crippen LogP contribution in [0.2, 0.25) is 0 Å². The molecule has 2 nitrogen and oxygen atoms in total. The number of hydrogen-bond acceptors (Lipinski definition) is 4. The molecular formula is C15H12FNOS2. The zero-order chi connectivity index (χ0) is 14.3. The molecule has 2 heterocycles. The number of carbonyl (C=O) groups excluding carboxylic acids is 1. The number of carbonyl (C=O) groups is 1. The van der Waals surface area contributed by atoms with Gasteiger partial charge in [-0.2, -0.15) is 0 Å². The highest BCUT2D eigenvalue weighted by Crippen LogP contribution is 2.28. The van der Waals surface area contributed by atoms with Gasteiger partial charge in [-0.3, -0.25) is 4.79 Å². The summed E-state index contributed by atoms with van der Waals surface area (Å²) in [7, 11) is 0. The molecule has 0 aliphatic carbocycles. The maximum Gasteiger partial charge on any atom is 0.179 e. The lowest BCUT2D eigenvalue weighted by atomic mass is 10.2. The van der Waals surface area contributed by atoms with E-state index in [1.807, 2.05) is 13.8 Å². The number of halogens is 1. The molecule has 0 bridgehead atoms. The van der Waals surface area contributed by atoms with Crippen molar-refractivity contribution in [3.05, 3.63) is 50.5 Å². The molecule has 2 aromatic heterocycles. The smallest absolute Gasteiger partial charge is 0.179 e. The Balaban J connectivity index is 1.88. The van der Waals surface area contributed by atoms with Crippen LogP contribution in [-0.4, -0.2) is 10.8 Å². The van der Waals surface area contributed by atoms with Gasteiger partial charge >= 0.3 is 0 Å². The van der Waals surface area contributed by atoms with Crippen molar-refractivity contribution in [1.29, 1.82) is 0 Å². The molecule has 0 aliphatic rings. The summed E-state index contributed by atoms with van der Waals surface area (Å²) in [6.45, 7) is 3.95. The molecule has 0 radical (unpaired) electrons. The number of aromatic nitrogens is 1. The lowest BCUT2D eigenvalue weighted by molar-refractivity contribution is 0.0997. The van der Waals surface area contributed by atoms with E-state index >= 15 is 0 Å². The molecule has 5 heteroatoms. The molecular weight excluding hydrogens is 293 g/mol. The van der Waals surface area contributed by atoms with E-state index < -0.39 is 0 Å². The summed E-state index contributed by atoms with van der Waals surface area (Å²) >= 11 is 2.96. The van der Waals surface area contributed by atoms with Crippen LogP contribution < -0.4 is 0 Å². The lowest BCUT2D eigenvalue weighted by Gasteiger charge is -1.92. The first-order valence-electron chi connectivity index (χ1n) is 6.18. The van der Waals surface area contributed by atoms with Gasteiger partial charge in [-0.1, -0.05) is 0 Å². The Hall–Kier alpha value is -1.59. The normalized spacial score (nSPS) is 11.2. The Labute approximate surface area is 123 Å². The maximum atomic E-state index is 13.2. The molecule has 0 spiro atoms. The lowest BCUT2D eigenvalue weighted by Crippen LogP contribution is -2.00. The summed E-state index contributed by atoms with van der Waals surface area (Å²) in [5.41, 5.74) is 0.983. The number of rotatable bonds is 3. The monoisotopic (exact) mass is 305 g/mol. The Kier molecular flexibility index (Phi) is 3.40. The zero-order valence-corrected chi connectivity index (χ0v) is 12.7. The van der Waals surface area contributed by atoms with E-state index in [-0.39, 0.29) is 11.6 Å². The van der Waals surface area contributed by atoms with Gasteiger partial charge in [-0.05, 0) is 43.5 Å². The van der Waals surface area contributed by atoms with E-state index in [0.717, 1.165) is 25.7 Å². The zero-order valence-electron chi connectivity index (χ0n) is 11.1. The molecule has 0 saturated carbocycles. The first-order chi connectivity index (χ1) is 9.52. The Morgan fingerprint density at radius 1 is 1.25 bits per heavy atom. The number of Topliss-reactive ketones (excluding diaryl/α,β-unsaturated/α-hetero) is 1. The first kappa shape index (κ1) is 13.4. The van der Waals surface area contributed by atoms with Gasteiger partial charge < -0.3 is 0 Å². The average Bonchev–Trinajstić information content (AvgIpc) is 2.93. The minimum atomic E-state index is -0.277. The topological polar surface area (TPSA) is 30.0 Å². The number of nitrogens with zero attached hydrogens (tertiary/aromatic N) is 1. The molecule has 3 rings (SSSR count). The van der Waals surface area contributed by atoms with Gasteiger partial charge in [-0.25, -0.2) is 9.37 Å². The van der Waals surface area contributed by atoms with E-state index in [2.05, 4.69) is 4.98 Å². The van der Waals surface area contributed by atoms with Gasteiger partial charge in [0.05, 0.1) is 17.0 Å². The third-order valence-corrected chi connectivity index (χ3v) is 5.37.